The molecule has 2 heterocycles. The second-order valence-corrected chi connectivity index (χ2v) is 7.93. The van der Waals surface area contributed by atoms with Crippen molar-refractivity contribution in [2.45, 2.75) is 13.1 Å². The first-order chi connectivity index (χ1) is 16.1. The summed E-state index contributed by atoms with van der Waals surface area (Å²) in [7, 11) is 0. The van der Waals surface area contributed by atoms with Crippen LogP contribution in [-0.4, -0.2) is 10.9 Å². The molecule has 3 N–H and O–H groups in total. The molecule has 174 valence electrons. The molecule has 1 atom stereocenters. The number of pyridine rings is 1. The molecule has 1 unspecified atom stereocenters. The summed E-state index contributed by atoms with van der Waals surface area (Å²) in [5.41, 5.74) is 2.74. The van der Waals surface area contributed by atoms with Crippen molar-refractivity contribution in [3.63, 3.8) is 0 Å². The van der Waals surface area contributed by atoms with Crippen LogP contribution in [0.15, 0.2) is 84.8 Å². The molecule has 1 amide bonds. The van der Waals surface area contributed by atoms with Crippen molar-refractivity contribution in [3.05, 3.63) is 101 Å². The van der Waals surface area contributed by atoms with Crippen LogP contribution in [0.5, 0.6) is 11.5 Å². The maximum Gasteiger partial charge on any atom is 0.417 e. The predicted octanol–water partition coefficient (Wildman–Crippen LogP) is 5.89. The van der Waals surface area contributed by atoms with E-state index >= 15 is 0 Å². The highest BCUT2D eigenvalue weighted by Gasteiger charge is 2.46. The number of aromatic nitrogens is 1. The first-order valence-electron chi connectivity index (χ1n) is 10.0. The summed E-state index contributed by atoms with van der Waals surface area (Å²) in [6, 6.07) is 15.0. The molecule has 0 aliphatic carbocycles. The van der Waals surface area contributed by atoms with Crippen molar-refractivity contribution in [2.75, 3.05) is 0 Å². The Kier molecular flexibility index (Phi) is 6.18. The van der Waals surface area contributed by atoms with Gasteiger partial charge in [-0.3, -0.25) is 10.2 Å². The topological polar surface area (TPSA) is 77.2 Å². The lowest BCUT2D eigenvalue weighted by Gasteiger charge is -2.31. The third-order valence-electron chi connectivity index (χ3n) is 5.29. The first-order valence-corrected chi connectivity index (χ1v) is 10.4. The SMILES string of the molecule is Cc1ccc(Oc2ccc([N+]3(c4ncc(C(F)(F)F)cc4Cl)C=CC=C3C(=O)NN)cc2)cc1. The molecule has 0 saturated carbocycles. The molecule has 0 saturated heterocycles. The van der Waals surface area contributed by atoms with Gasteiger partial charge in [0.15, 0.2) is 0 Å². The van der Waals surface area contributed by atoms with E-state index in [-0.39, 0.29) is 16.5 Å². The Labute approximate surface area is 198 Å². The third-order valence-corrected chi connectivity index (χ3v) is 5.57. The van der Waals surface area contributed by atoms with Crippen LogP contribution in [-0.2, 0) is 11.0 Å². The molecule has 0 spiro atoms. The standard InChI is InChI=1S/C24H18ClF3N4O2/c1-15-4-8-18(9-5-15)34-19-10-6-17(7-11-19)32(12-2-3-21(32)23(33)31-29)22-20(25)13-16(14-30-22)24(26,27)28/h2-14H,29H2,1H3/p+1. The number of quaternary nitrogens is 1. The third kappa shape index (κ3) is 4.28. The highest BCUT2D eigenvalue weighted by molar-refractivity contribution is 6.33. The van der Waals surface area contributed by atoms with Crippen LogP contribution in [0.1, 0.15) is 11.1 Å². The van der Waals surface area contributed by atoms with Gasteiger partial charge in [-0.25, -0.2) is 10.8 Å². The number of hydrazine groups is 1. The highest BCUT2D eigenvalue weighted by Crippen LogP contribution is 2.46. The Morgan fingerprint density at radius 3 is 2.26 bits per heavy atom. The normalized spacial score (nSPS) is 17.4. The number of hydrogen-bond donors (Lipinski definition) is 2. The van der Waals surface area contributed by atoms with Crippen molar-refractivity contribution in [1.29, 1.82) is 0 Å². The maximum absolute atomic E-state index is 13.2. The number of rotatable bonds is 5. The fourth-order valence-electron chi connectivity index (χ4n) is 3.64. The van der Waals surface area contributed by atoms with Gasteiger partial charge in [0.1, 0.15) is 28.4 Å². The van der Waals surface area contributed by atoms with Crippen LogP contribution >= 0.6 is 11.6 Å². The van der Waals surface area contributed by atoms with Gasteiger partial charge in [0.25, 0.3) is 5.82 Å². The molecule has 0 radical (unpaired) electrons. The Hall–Kier alpha value is -3.66. The van der Waals surface area contributed by atoms with Gasteiger partial charge in [-0.15, -0.1) is 0 Å². The lowest BCUT2D eigenvalue weighted by molar-refractivity contribution is -0.137. The zero-order valence-electron chi connectivity index (χ0n) is 17.8. The largest absolute Gasteiger partial charge is 0.457 e. The van der Waals surface area contributed by atoms with Crippen LogP contribution in [0, 0.1) is 6.92 Å². The van der Waals surface area contributed by atoms with Gasteiger partial charge in [-0.2, -0.15) is 17.7 Å². The Morgan fingerprint density at radius 2 is 1.71 bits per heavy atom. The van der Waals surface area contributed by atoms with E-state index < -0.39 is 22.1 Å². The van der Waals surface area contributed by atoms with Gasteiger partial charge in [0, 0.05) is 24.4 Å². The molecule has 6 nitrogen and oxygen atoms in total. The second kappa shape index (κ2) is 8.94. The zero-order chi connectivity index (χ0) is 24.5. The number of allylic oxidation sites excluding steroid dienone is 2. The van der Waals surface area contributed by atoms with E-state index in [1.807, 2.05) is 31.2 Å². The number of nitrogens with two attached hydrogens (primary N) is 1. The minimum Gasteiger partial charge on any atom is -0.457 e. The summed E-state index contributed by atoms with van der Waals surface area (Å²) in [6.07, 6.45) is 0.719. The number of alkyl halides is 3. The summed E-state index contributed by atoms with van der Waals surface area (Å²) in [5, 5.41) is -0.267. The molecule has 1 aliphatic rings. The van der Waals surface area contributed by atoms with E-state index in [0.29, 0.717) is 23.4 Å². The Balaban J connectivity index is 1.79. The summed E-state index contributed by atoms with van der Waals surface area (Å²) >= 11 is 6.29. The number of nitrogens with one attached hydrogen (secondary N) is 1. The highest BCUT2D eigenvalue weighted by atomic mass is 35.5. The van der Waals surface area contributed by atoms with E-state index in [4.69, 9.17) is 22.2 Å². The fourth-order valence-corrected chi connectivity index (χ4v) is 3.94. The lowest BCUT2D eigenvalue weighted by Crippen LogP contribution is -2.45. The molecule has 2 aromatic carbocycles. The number of amides is 1. The summed E-state index contributed by atoms with van der Waals surface area (Å²) in [4.78, 5) is 16.6. The molecule has 1 aromatic heterocycles. The second-order valence-electron chi connectivity index (χ2n) is 7.53. The fraction of sp³-hybridized carbons (Fsp3) is 0.0833. The van der Waals surface area contributed by atoms with E-state index in [1.165, 1.54) is 6.08 Å². The van der Waals surface area contributed by atoms with Crippen LogP contribution in [0.3, 0.4) is 0 Å². The van der Waals surface area contributed by atoms with Crippen LogP contribution < -0.4 is 20.5 Å². The van der Waals surface area contributed by atoms with E-state index in [2.05, 4.69) is 10.4 Å². The van der Waals surface area contributed by atoms with Crippen molar-refractivity contribution in [1.82, 2.24) is 14.9 Å². The predicted molar refractivity (Wildman–Crippen MR) is 123 cm³/mol. The quantitative estimate of drug-likeness (QED) is 0.203. The minimum atomic E-state index is -4.62. The molecule has 1 aliphatic heterocycles. The number of halogens is 4. The van der Waals surface area contributed by atoms with Gasteiger partial charge >= 0.3 is 12.1 Å². The number of aryl methyl sites for hydroxylation is 1. The summed E-state index contributed by atoms with van der Waals surface area (Å²) in [6.45, 7) is 1.97. The number of carbonyl (C=O) groups is 1. The van der Waals surface area contributed by atoms with E-state index in [1.54, 1.807) is 36.5 Å². The van der Waals surface area contributed by atoms with Crippen molar-refractivity contribution >= 4 is 29.0 Å². The number of carbonyl (C=O) groups excluding carboxylic acids is 1. The molecule has 0 bridgehead atoms. The van der Waals surface area contributed by atoms with Crippen molar-refractivity contribution < 1.29 is 22.7 Å². The molecular formula is C24H19ClF3N4O2+. The molecule has 10 heteroatoms. The van der Waals surface area contributed by atoms with Crippen LogP contribution in [0.4, 0.5) is 24.7 Å². The first kappa shape index (κ1) is 23.5. The van der Waals surface area contributed by atoms with Crippen molar-refractivity contribution in [3.8, 4) is 11.5 Å². The van der Waals surface area contributed by atoms with Gasteiger partial charge in [0.2, 0.25) is 5.70 Å². The van der Waals surface area contributed by atoms with Gasteiger partial charge in [-0.05, 0) is 43.3 Å². The van der Waals surface area contributed by atoms with Gasteiger partial charge in [-0.1, -0.05) is 29.3 Å². The molecule has 4 rings (SSSR count). The van der Waals surface area contributed by atoms with Crippen LogP contribution in [0.25, 0.3) is 0 Å². The number of hydrogen-bond acceptors (Lipinski definition) is 4. The molecule has 0 fully saturated rings. The molecule has 34 heavy (non-hydrogen) atoms. The number of ether oxygens (including phenoxy) is 1. The van der Waals surface area contributed by atoms with Gasteiger partial charge < -0.3 is 4.74 Å². The molecule has 3 aromatic rings. The monoisotopic (exact) mass is 487 g/mol. The van der Waals surface area contributed by atoms with Crippen LogP contribution in [0.2, 0.25) is 5.02 Å². The van der Waals surface area contributed by atoms with Gasteiger partial charge in [0.05, 0.1) is 5.56 Å². The summed E-state index contributed by atoms with van der Waals surface area (Å²) in [5.74, 6) is 5.88. The average molecular weight is 488 g/mol. The number of benzene rings is 2. The smallest absolute Gasteiger partial charge is 0.417 e. The Morgan fingerprint density at radius 1 is 1.09 bits per heavy atom. The average Bonchev–Trinajstić information content (AvgIpc) is 3.25. The van der Waals surface area contributed by atoms with E-state index in [9.17, 15) is 18.0 Å². The Bertz CT molecular complexity index is 1290. The van der Waals surface area contributed by atoms with E-state index in [0.717, 1.165) is 11.6 Å². The summed E-state index contributed by atoms with van der Waals surface area (Å²) < 4.78 is 44.9. The minimum absolute atomic E-state index is 0.00506. The molecular weight excluding hydrogens is 469 g/mol. The maximum atomic E-state index is 13.2. The lowest BCUT2D eigenvalue weighted by atomic mass is 10.1. The number of nitrogens with zero attached hydrogens (tertiary/aromatic N) is 2. The van der Waals surface area contributed by atoms with Crippen molar-refractivity contribution in [2.24, 2.45) is 5.84 Å². The zero-order valence-corrected chi connectivity index (χ0v) is 18.6.